The minimum Gasteiger partial charge on any atom is -0.351 e. The lowest BCUT2D eigenvalue weighted by Gasteiger charge is -2.06. The average Bonchev–Trinajstić information content (AvgIpc) is 3.09. The Morgan fingerprint density at radius 1 is 1.12 bits per heavy atom. The fourth-order valence-corrected chi connectivity index (χ4v) is 3.95. The highest BCUT2D eigenvalue weighted by atomic mass is 35.5. The molecule has 3 rings (SSSR count). The largest absolute Gasteiger partial charge is 0.351 e. The van der Waals surface area contributed by atoms with Crippen molar-refractivity contribution in [3.8, 4) is 11.3 Å². The Bertz CT molecular complexity index is 821. The first-order valence-electron chi connectivity index (χ1n) is 7.36. The summed E-state index contributed by atoms with van der Waals surface area (Å²) in [5.74, 6) is 0.308. The van der Waals surface area contributed by atoms with Crippen LogP contribution in [0.4, 0.5) is 0 Å². The number of hydrogen-bond donors (Lipinski definition) is 1. The molecule has 24 heavy (non-hydrogen) atoms. The van der Waals surface area contributed by atoms with Gasteiger partial charge in [-0.1, -0.05) is 71.9 Å². The number of thioether (sulfide) groups is 1. The maximum Gasteiger partial charge on any atom is 0.230 e. The lowest BCUT2D eigenvalue weighted by molar-refractivity contribution is -0.118. The molecule has 1 heterocycles. The monoisotopic (exact) mass is 374 g/mol. The van der Waals surface area contributed by atoms with Gasteiger partial charge in [-0.05, 0) is 11.6 Å². The molecule has 1 amide bonds. The maximum absolute atomic E-state index is 12.0. The van der Waals surface area contributed by atoms with E-state index in [9.17, 15) is 4.79 Å². The minimum absolute atomic E-state index is 0.0311. The van der Waals surface area contributed by atoms with Crippen LogP contribution in [0.3, 0.4) is 0 Å². The van der Waals surface area contributed by atoms with Crippen molar-refractivity contribution < 1.29 is 4.79 Å². The van der Waals surface area contributed by atoms with Crippen LogP contribution >= 0.6 is 34.7 Å². The highest BCUT2D eigenvalue weighted by Gasteiger charge is 2.08. The number of thiazole rings is 1. The first kappa shape index (κ1) is 17.0. The van der Waals surface area contributed by atoms with Gasteiger partial charge in [0.1, 0.15) is 0 Å². The van der Waals surface area contributed by atoms with Crippen LogP contribution in [0, 0.1) is 0 Å². The van der Waals surface area contributed by atoms with Crippen LogP contribution < -0.4 is 5.32 Å². The molecule has 0 aliphatic carbocycles. The molecule has 3 aromatic rings. The number of rotatable bonds is 6. The van der Waals surface area contributed by atoms with Gasteiger partial charge in [-0.15, -0.1) is 11.3 Å². The van der Waals surface area contributed by atoms with Crippen LogP contribution in [0.15, 0.2) is 64.3 Å². The van der Waals surface area contributed by atoms with Gasteiger partial charge in [0.2, 0.25) is 5.91 Å². The molecule has 0 atom stereocenters. The van der Waals surface area contributed by atoms with Gasteiger partial charge in [0.25, 0.3) is 0 Å². The summed E-state index contributed by atoms with van der Waals surface area (Å²) >= 11 is 9.08. The summed E-state index contributed by atoms with van der Waals surface area (Å²) in [7, 11) is 0. The first-order valence-corrected chi connectivity index (χ1v) is 9.60. The lowest BCUT2D eigenvalue weighted by Crippen LogP contribution is -2.24. The summed E-state index contributed by atoms with van der Waals surface area (Å²) in [4.78, 5) is 16.5. The number of nitrogens with zero attached hydrogens (tertiary/aromatic N) is 1. The molecule has 3 nitrogen and oxygen atoms in total. The number of aromatic nitrogens is 1. The topological polar surface area (TPSA) is 42.0 Å². The van der Waals surface area contributed by atoms with Crippen molar-refractivity contribution in [1.29, 1.82) is 0 Å². The Labute approximate surface area is 154 Å². The zero-order chi connectivity index (χ0) is 16.8. The van der Waals surface area contributed by atoms with E-state index >= 15 is 0 Å². The third-order valence-electron chi connectivity index (χ3n) is 3.31. The van der Waals surface area contributed by atoms with Gasteiger partial charge < -0.3 is 5.32 Å². The average molecular weight is 375 g/mol. The van der Waals surface area contributed by atoms with E-state index in [-0.39, 0.29) is 5.91 Å². The number of amides is 1. The van der Waals surface area contributed by atoms with Crippen molar-refractivity contribution in [3.63, 3.8) is 0 Å². The summed E-state index contributed by atoms with van der Waals surface area (Å²) in [5, 5.41) is 5.56. The van der Waals surface area contributed by atoms with Gasteiger partial charge in [-0.2, -0.15) is 0 Å². The van der Waals surface area contributed by atoms with Crippen molar-refractivity contribution in [2.75, 3.05) is 5.75 Å². The summed E-state index contributed by atoms with van der Waals surface area (Å²) in [6.07, 6.45) is 0. The third kappa shape index (κ3) is 4.60. The van der Waals surface area contributed by atoms with Crippen molar-refractivity contribution in [3.05, 3.63) is 70.6 Å². The van der Waals surface area contributed by atoms with Gasteiger partial charge >= 0.3 is 0 Å². The number of hydrogen-bond acceptors (Lipinski definition) is 4. The summed E-state index contributed by atoms with van der Waals surface area (Å²) in [6.45, 7) is 0.437. The zero-order valence-corrected chi connectivity index (χ0v) is 15.1. The molecule has 1 aromatic heterocycles. The highest BCUT2D eigenvalue weighted by molar-refractivity contribution is 8.01. The van der Waals surface area contributed by atoms with E-state index in [2.05, 4.69) is 10.3 Å². The van der Waals surface area contributed by atoms with E-state index < -0.39 is 0 Å². The molecular formula is C18H15ClN2OS2. The predicted octanol–water partition coefficient (Wildman–Crippen LogP) is 4.87. The van der Waals surface area contributed by atoms with Gasteiger partial charge in [-0.25, -0.2) is 4.98 Å². The maximum atomic E-state index is 12.0. The molecule has 122 valence electrons. The van der Waals surface area contributed by atoms with Crippen molar-refractivity contribution >= 4 is 40.6 Å². The molecule has 0 saturated heterocycles. The van der Waals surface area contributed by atoms with E-state index in [4.69, 9.17) is 11.6 Å². The molecule has 0 bridgehead atoms. The Hall–Kier alpha value is -1.82. The number of nitrogens with one attached hydrogen (secondary N) is 1. The van der Waals surface area contributed by atoms with E-state index in [0.717, 1.165) is 21.2 Å². The molecular weight excluding hydrogens is 360 g/mol. The van der Waals surface area contributed by atoms with Crippen molar-refractivity contribution in [1.82, 2.24) is 10.3 Å². The molecule has 0 radical (unpaired) electrons. The van der Waals surface area contributed by atoms with Gasteiger partial charge in [0.05, 0.1) is 11.4 Å². The number of benzene rings is 2. The van der Waals surface area contributed by atoms with E-state index in [1.54, 1.807) is 11.3 Å². The number of carbonyl (C=O) groups is 1. The van der Waals surface area contributed by atoms with Gasteiger partial charge in [0, 0.05) is 22.5 Å². The van der Waals surface area contributed by atoms with E-state index in [1.165, 1.54) is 11.8 Å². The Morgan fingerprint density at radius 2 is 1.88 bits per heavy atom. The SMILES string of the molecule is O=C(CSc1nc(-c2ccccc2)cs1)NCc1ccccc1Cl. The van der Waals surface area contributed by atoms with Crippen LogP contribution in [0.1, 0.15) is 5.56 Å². The molecule has 0 aliphatic rings. The molecule has 0 unspecified atom stereocenters. The summed E-state index contributed by atoms with van der Waals surface area (Å²) in [6, 6.07) is 17.5. The second-order valence-electron chi connectivity index (χ2n) is 5.02. The Balaban J connectivity index is 1.50. The second kappa shape index (κ2) is 8.33. The van der Waals surface area contributed by atoms with Gasteiger partial charge in [0.15, 0.2) is 4.34 Å². The lowest BCUT2D eigenvalue weighted by atomic mass is 10.2. The minimum atomic E-state index is -0.0311. The molecule has 0 fully saturated rings. The smallest absolute Gasteiger partial charge is 0.230 e. The fraction of sp³-hybridized carbons (Fsp3) is 0.111. The molecule has 2 aromatic carbocycles. The van der Waals surface area contributed by atoms with Crippen molar-refractivity contribution in [2.45, 2.75) is 10.9 Å². The summed E-state index contributed by atoms with van der Waals surface area (Å²) in [5.41, 5.74) is 2.95. The zero-order valence-electron chi connectivity index (χ0n) is 12.7. The van der Waals surface area contributed by atoms with Gasteiger partial charge in [-0.3, -0.25) is 4.79 Å². The van der Waals surface area contributed by atoms with Crippen molar-refractivity contribution in [2.24, 2.45) is 0 Å². The summed E-state index contributed by atoms with van der Waals surface area (Å²) < 4.78 is 0.891. The van der Waals surface area contributed by atoms with Crippen LogP contribution in [0.25, 0.3) is 11.3 Å². The first-order chi connectivity index (χ1) is 11.7. The molecule has 6 heteroatoms. The number of halogens is 1. The molecule has 0 aliphatic heterocycles. The highest BCUT2D eigenvalue weighted by Crippen LogP contribution is 2.28. The predicted molar refractivity (Wildman–Crippen MR) is 102 cm³/mol. The van der Waals surface area contributed by atoms with Crippen LogP contribution in [0.2, 0.25) is 5.02 Å². The molecule has 1 N–H and O–H groups in total. The third-order valence-corrected chi connectivity index (χ3v) is 5.70. The normalized spacial score (nSPS) is 10.5. The van der Waals surface area contributed by atoms with E-state index in [0.29, 0.717) is 17.3 Å². The fourth-order valence-electron chi connectivity index (χ4n) is 2.08. The number of carbonyl (C=O) groups excluding carboxylic acids is 1. The Morgan fingerprint density at radius 3 is 2.67 bits per heavy atom. The van der Waals surface area contributed by atoms with Crippen LogP contribution in [-0.4, -0.2) is 16.6 Å². The van der Waals surface area contributed by atoms with Crippen LogP contribution in [-0.2, 0) is 11.3 Å². The van der Waals surface area contributed by atoms with Crippen LogP contribution in [0.5, 0.6) is 0 Å². The Kier molecular flexibility index (Phi) is 5.91. The molecule has 0 saturated carbocycles. The second-order valence-corrected chi connectivity index (χ2v) is 7.51. The molecule has 0 spiro atoms. The quantitative estimate of drug-likeness (QED) is 0.626. The standard InChI is InChI=1S/C18H15ClN2OS2/c19-15-9-5-4-8-14(15)10-20-17(22)12-24-18-21-16(11-23-18)13-6-2-1-3-7-13/h1-9,11H,10,12H2,(H,20,22). The van der Waals surface area contributed by atoms with E-state index in [1.807, 2.05) is 60.0 Å².